The minimum absolute atomic E-state index is 0.0597. The van der Waals surface area contributed by atoms with Crippen molar-refractivity contribution >= 4 is 17.0 Å². The van der Waals surface area contributed by atoms with Crippen molar-refractivity contribution in [1.29, 1.82) is 0 Å². The Morgan fingerprint density at radius 2 is 2.08 bits per heavy atom. The molecule has 0 saturated heterocycles. The van der Waals surface area contributed by atoms with Gasteiger partial charge in [0.1, 0.15) is 11.3 Å². The van der Waals surface area contributed by atoms with E-state index in [1.807, 2.05) is 50.2 Å². The molecule has 2 heterocycles. The molecular formula is C19H21N3O2. The molecule has 0 radical (unpaired) electrons. The van der Waals surface area contributed by atoms with Crippen LogP contribution in [0.3, 0.4) is 0 Å². The average molecular weight is 323 g/mol. The summed E-state index contributed by atoms with van der Waals surface area (Å²) in [5.74, 6) is 0.784. The normalized spacial score (nSPS) is 12.1. The minimum Gasteiger partial charge on any atom is -0.459 e. The third-order valence-corrected chi connectivity index (χ3v) is 4.41. The number of hydrogen-bond acceptors (Lipinski definition) is 3. The largest absolute Gasteiger partial charge is 0.459 e. The third-order valence-electron chi connectivity index (χ3n) is 4.41. The highest BCUT2D eigenvalue weighted by atomic mass is 16.3. The fourth-order valence-electron chi connectivity index (χ4n) is 2.70. The summed E-state index contributed by atoms with van der Waals surface area (Å²) in [6, 6.07) is 11.5. The Morgan fingerprint density at radius 3 is 2.79 bits per heavy atom. The van der Waals surface area contributed by atoms with Gasteiger partial charge in [0, 0.05) is 30.4 Å². The first-order chi connectivity index (χ1) is 11.6. The van der Waals surface area contributed by atoms with E-state index in [4.69, 9.17) is 4.42 Å². The molecule has 2 amide bonds. The highest BCUT2D eigenvalue weighted by Crippen LogP contribution is 2.25. The zero-order chi connectivity index (χ0) is 17.1. The summed E-state index contributed by atoms with van der Waals surface area (Å²) in [5.41, 5.74) is 2.90. The molecule has 1 atom stereocenters. The molecule has 0 saturated carbocycles. The van der Waals surface area contributed by atoms with E-state index in [0.717, 1.165) is 27.9 Å². The molecule has 124 valence electrons. The number of pyridine rings is 1. The summed E-state index contributed by atoms with van der Waals surface area (Å²) in [7, 11) is 1.78. The Bertz CT molecular complexity index is 842. The third kappa shape index (κ3) is 3.11. The topological polar surface area (TPSA) is 58.4 Å². The smallest absolute Gasteiger partial charge is 0.318 e. The second-order valence-electron chi connectivity index (χ2n) is 5.88. The quantitative estimate of drug-likeness (QED) is 0.788. The van der Waals surface area contributed by atoms with Gasteiger partial charge in [0.25, 0.3) is 0 Å². The summed E-state index contributed by atoms with van der Waals surface area (Å²) < 4.78 is 5.83. The van der Waals surface area contributed by atoms with Gasteiger partial charge in [0.2, 0.25) is 0 Å². The number of aromatic nitrogens is 1. The van der Waals surface area contributed by atoms with E-state index < -0.39 is 0 Å². The van der Waals surface area contributed by atoms with Gasteiger partial charge in [-0.25, -0.2) is 4.79 Å². The molecule has 0 aliphatic carbocycles. The Balaban J connectivity index is 1.67. The molecule has 3 rings (SSSR count). The number of aryl methyl sites for hydroxylation is 1. The van der Waals surface area contributed by atoms with Crippen molar-refractivity contribution in [2.75, 3.05) is 7.05 Å². The van der Waals surface area contributed by atoms with Crippen LogP contribution in [0.5, 0.6) is 0 Å². The molecule has 3 aromatic rings. The molecule has 0 bridgehead atoms. The number of nitrogens with zero attached hydrogens (tertiary/aromatic N) is 2. The molecule has 0 aliphatic rings. The van der Waals surface area contributed by atoms with E-state index in [0.29, 0.717) is 6.54 Å². The fourth-order valence-corrected chi connectivity index (χ4v) is 2.70. The predicted octanol–water partition coefficient (Wildman–Crippen LogP) is 4.04. The zero-order valence-corrected chi connectivity index (χ0v) is 14.1. The summed E-state index contributed by atoms with van der Waals surface area (Å²) >= 11 is 0. The first-order valence-electron chi connectivity index (χ1n) is 7.95. The second-order valence-corrected chi connectivity index (χ2v) is 5.88. The molecular weight excluding hydrogens is 302 g/mol. The Labute approximate surface area is 141 Å². The summed E-state index contributed by atoms with van der Waals surface area (Å²) in [5, 5.41) is 4.01. The monoisotopic (exact) mass is 323 g/mol. The first-order valence-corrected chi connectivity index (χ1v) is 7.95. The fraction of sp³-hybridized carbons (Fsp3) is 0.263. The number of urea groups is 1. The van der Waals surface area contributed by atoms with Crippen LogP contribution in [0.2, 0.25) is 0 Å². The molecule has 0 aliphatic heterocycles. The lowest BCUT2D eigenvalue weighted by Gasteiger charge is -2.25. The molecule has 2 aromatic heterocycles. The van der Waals surface area contributed by atoms with Crippen LogP contribution in [0.15, 0.2) is 53.2 Å². The molecule has 1 aromatic carbocycles. The first kappa shape index (κ1) is 16.1. The van der Waals surface area contributed by atoms with Crippen LogP contribution in [-0.4, -0.2) is 23.0 Å². The lowest BCUT2D eigenvalue weighted by molar-refractivity contribution is 0.193. The van der Waals surface area contributed by atoms with Crippen molar-refractivity contribution in [3.8, 4) is 0 Å². The lowest BCUT2D eigenvalue weighted by Crippen LogP contribution is -2.38. The van der Waals surface area contributed by atoms with Crippen LogP contribution < -0.4 is 5.32 Å². The number of nitrogens with one attached hydrogen (secondary N) is 1. The molecule has 5 nitrogen and oxygen atoms in total. The van der Waals surface area contributed by atoms with Crippen LogP contribution in [0.1, 0.15) is 29.9 Å². The number of hydrogen-bond donors (Lipinski definition) is 1. The van der Waals surface area contributed by atoms with E-state index >= 15 is 0 Å². The number of furan rings is 1. The van der Waals surface area contributed by atoms with E-state index in [9.17, 15) is 4.79 Å². The SMILES string of the molecule is Cc1c(CNC(=O)N(C)[C@@H](C)c2cccnc2)oc2ccccc12. The molecule has 5 heteroatoms. The van der Waals surface area contributed by atoms with Gasteiger partial charge in [-0.3, -0.25) is 4.98 Å². The number of para-hydroxylation sites is 1. The molecule has 0 fully saturated rings. The average Bonchev–Trinajstić information content (AvgIpc) is 2.95. The van der Waals surface area contributed by atoms with Gasteiger partial charge in [-0.05, 0) is 31.5 Å². The van der Waals surface area contributed by atoms with Crippen molar-refractivity contribution in [1.82, 2.24) is 15.2 Å². The Morgan fingerprint density at radius 1 is 1.29 bits per heavy atom. The van der Waals surface area contributed by atoms with Gasteiger partial charge < -0.3 is 14.6 Å². The lowest BCUT2D eigenvalue weighted by atomic mass is 10.1. The summed E-state index contributed by atoms with van der Waals surface area (Å²) in [6.45, 7) is 4.35. The van der Waals surface area contributed by atoms with Crippen molar-refractivity contribution in [2.24, 2.45) is 0 Å². The van der Waals surface area contributed by atoms with Crippen molar-refractivity contribution in [3.05, 3.63) is 65.7 Å². The van der Waals surface area contributed by atoms with Gasteiger partial charge in [0.05, 0.1) is 12.6 Å². The summed E-state index contributed by atoms with van der Waals surface area (Å²) in [6.07, 6.45) is 3.50. The highest BCUT2D eigenvalue weighted by Gasteiger charge is 2.18. The van der Waals surface area contributed by atoms with Gasteiger partial charge >= 0.3 is 6.03 Å². The number of fused-ring (bicyclic) bond motifs is 1. The van der Waals surface area contributed by atoms with Crippen LogP contribution in [0, 0.1) is 6.92 Å². The van der Waals surface area contributed by atoms with E-state index in [2.05, 4.69) is 10.3 Å². The zero-order valence-electron chi connectivity index (χ0n) is 14.1. The maximum absolute atomic E-state index is 12.4. The van der Waals surface area contributed by atoms with E-state index in [1.54, 1.807) is 24.3 Å². The van der Waals surface area contributed by atoms with Crippen molar-refractivity contribution in [2.45, 2.75) is 26.4 Å². The molecule has 0 unspecified atom stereocenters. The number of carbonyl (C=O) groups is 1. The molecule has 0 spiro atoms. The van der Waals surface area contributed by atoms with Crippen LogP contribution in [0.4, 0.5) is 4.79 Å². The second kappa shape index (κ2) is 6.74. The number of benzene rings is 1. The number of rotatable bonds is 4. The summed E-state index contributed by atoms with van der Waals surface area (Å²) in [4.78, 5) is 18.2. The minimum atomic E-state index is -0.147. The molecule has 1 N–H and O–H groups in total. The van der Waals surface area contributed by atoms with Crippen molar-refractivity contribution < 1.29 is 9.21 Å². The predicted molar refractivity (Wildman–Crippen MR) is 93.6 cm³/mol. The van der Waals surface area contributed by atoms with Crippen LogP contribution >= 0.6 is 0 Å². The van der Waals surface area contributed by atoms with Gasteiger partial charge in [0.15, 0.2) is 0 Å². The van der Waals surface area contributed by atoms with Gasteiger partial charge in [-0.2, -0.15) is 0 Å². The number of carbonyl (C=O) groups excluding carboxylic acids is 1. The van der Waals surface area contributed by atoms with Gasteiger partial charge in [-0.1, -0.05) is 24.3 Å². The van der Waals surface area contributed by atoms with Gasteiger partial charge in [-0.15, -0.1) is 0 Å². The maximum atomic E-state index is 12.4. The Kier molecular flexibility index (Phi) is 4.51. The van der Waals surface area contributed by atoms with Crippen molar-refractivity contribution in [3.63, 3.8) is 0 Å². The standard InChI is InChI=1S/C19H21N3O2/c1-13-16-8-4-5-9-17(16)24-18(13)12-21-19(23)22(3)14(2)15-7-6-10-20-11-15/h4-11,14H,12H2,1-3H3,(H,21,23)/t14-/m0/s1. The van der Waals surface area contributed by atoms with E-state index in [1.165, 1.54) is 0 Å². The van der Waals surface area contributed by atoms with Crippen LogP contribution in [-0.2, 0) is 6.54 Å². The Hall–Kier alpha value is -2.82. The highest BCUT2D eigenvalue weighted by molar-refractivity contribution is 5.82. The number of amides is 2. The van der Waals surface area contributed by atoms with E-state index in [-0.39, 0.29) is 12.1 Å². The maximum Gasteiger partial charge on any atom is 0.318 e. The molecule has 24 heavy (non-hydrogen) atoms. The van der Waals surface area contributed by atoms with Crippen LogP contribution in [0.25, 0.3) is 11.0 Å².